The van der Waals surface area contributed by atoms with E-state index in [-0.39, 0.29) is 0 Å². The summed E-state index contributed by atoms with van der Waals surface area (Å²) in [6.07, 6.45) is 3.38. The zero-order valence-corrected chi connectivity index (χ0v) is 12.6. The van der Waals surface area contributed by atoms with Gasteiger partial charge in [-0.3, -0.25) is 0 Å². The van der Waals surface area contributed by atoms with Gasteiger partial charge in [0.1, 0.15) is 11.3 Å². The molecule has 4 rings (SSSR count). The highest BCUT2D eigenvalue weighted by molar-refractivity contribution is 7.98. The maximum absolute atomic E-state index is 5.09. The Kier molecular flexibility index (Phi) is 3.25. The van der Waals surface area contributed by atoms with Crippen molar-refractivity contribution in [2.24, 2.45) is 0 Å². The van der Waals surface area contributed by atoms with E-state index in [1.807, 2.05) is 30.3 Å². The van der Waals surface area contributed by atoms with Crippen LogP contribution in [0.4, 0.5) is 0 Å². The van der Waals surface area contributed by atoms with Crippen molar-refractivity contribution in [3.8, 4) is 10.6 Å². The molecule has 3 aromatic heterocycles. The summed E-state index contributed by atoms with van der Waals surface area (Å²) in [7, 11) is 0. The minimum Gasteiger partial charge on any atom is -0.472 e. The quantitative estimate of drug-likeness (QED) is 0.561. The molecule has 0 spiro atoms. The lowest BCUT2D eigenvalue weighted by molar-refractivity contribution is 0.568. The molecule has 0 unspecified atom stereocenters. The molecule has 0 aliphatic rings. The lowest BCUT2D eigenvalue weighted by Gasteiger charge is -1.93. The Hall–Kier alpha value is -2.05. The molecule has 0 aliphatic carbocycles. The molecule has 0 radical (unpaired) electrons. The number of hydrogen-bond donors (Lipinski definition) is 1. The Bertz CT molecular complexity index is 831. The highest BCUT2D eigenvalue weighted by Crippen LogP contribution is 2.28. The summed E-state index contributed by atoms with van der Waals surface area (Å²) in [6, 6.07) is 9.97. The molecule has 3 heterocycles. The molecule has 21 heavy (non-hydrogen) atoms. The second-order valence-corrected chi connectivity index (χ2v) is 6.33. The number of imidazole rings is 1. The molecule has 0 aliphatic heterocycles. The average Bonchev–Trinajstić information content (AvgIpc) is 3.23. The molecule has 1 N–H and O–H groups in total. The molecule has 4 aromatic rings. The topological polar surface area (TPSA) is 54.7 Å². The van der Waals surface area contributed by atoms with Crippen LogP contribution in [0.15, 0.2) is 57.8 Å². The van der Waals surface area contributed by atoms with E-state index in [9.17, 15) is 0 Å². The van der Waals surface area contributed by atoms with Crippen molar-refractivity contribution in [1.29, 1.82) is 0 Å². The van der Waals surface area contributed by atoms with Crippen molar-refractivity contribution in [2.45, 2.75) is 10.9 Å². The van der Waals surface area contributed by atoms with Gasteiger partial charge in [0.15, 0.2) is 5.16 Å². The van der Waals surface area contributed by atoms with Gasteiger partial charge in [0.2, 0.25) is 0 Å². The molecular weight excluding hydrogens is 302 g/mol. The van der Waals surface area contributed by atoms with E-state index in [2.05, 4.69) is 20.3 Å². The third-order valence-electron chi connectivity index (χ3n) is 3.04. The van der Waals surface area contributed by atoms with Crippen LogP contribution in [0.2, 0.25) is 0 Å². The first-order valence-electron chi connectivity index (χ1n) is 6.43. The predicted molar refractivity (Wildman–Crippen MR) is 85.5 cm³/mol. The molecule has 104 valence electrons. The van der Waals surface area contributed by atoms with Crippen molar-refractivity contribution in [3.63, 3.8) is 0 Å². The van der Waals surface area contributed by atoms with Crippen LogP contribution in [0.3, 0.4) is 0 Å². The molecule has 0 bridgehead atoms. The number of thioether (sulfide) groups is 1. The van der Waals surface area contributed by atoms with Gasteiger partial charge >= 0.3 is 0 Å². The van der Waals surface area contributed by atoms with Crippen molar-refractivity contribution in [3.05, 3.63) is 53.9 Å². The Labute approximate surface area is 129 Å². The van der Waals surface area contributed by atoms with Crippen LogP contribution in [0.5, 0.6) is 0 Å². The first kappa shape index (κ1) is 12.7. The van der Waals surface area contributed by atoms with Crippen LogP contribution in [0.25, 0.3) is 21.6 Å². The van der Waals surface area contributed by atoms with E-state index in [1.165, 1.54) is 0 Å². The van der Waals surface area contributed by atoms with E-state index in [1.54, 1.807) is 35.6 Å². The number of thiazole rings is 1. The maximum atomic E-state index is 5.09. The lowest BCUT2D eigenvalue weighted by Crippen LogP contribution is -1.82. The van der Waals surface area contributed by atoms with Gasteiger partial charge in [0, 0.05) is 16.7 Å². The summed E-state index contributed by atoms with van der Waals surface area (Å²) in [6.45, 7) is 0. The van der Waals surface area contributed by atoms with Crippen molar-refractivity contribution in [1.82, 2.24) is 15.0 Å². The minimum absolute atomic E-state index is 0.800. The Morgan fingerprint density at radius 3 is 3.00 bits per heavy atom. The minimum atomic E-state index is 0.800. The largest absolute Gasteiger partial charge is 0.472 e. The second kappa shape index (κ2) is 5.38. The van der Waals surface area contributed by atoms with Crippen molar-refractivity contribution >= 4 is 34.1 Å². The third-order valence-corrected chi connectivity index (χ3v) is 4.89. The fourth-order valence-corrected chi connectivity index (χ4v) is 3.72. The van der Waals surface area contributed by atoms with Crippen LogP contribution in [-0.4, -0.2) is 15.0 Å². The first-order chi connectivity index (χ1) is 10.4. The molecule has 0 fully saturated rings. The molecule has 6 heteroatoms. The van der Waals surface area contributed by atoms with E-state index in [0.717, 1.165) is 38.2 Å². The summed E-state index contributed by atoms with van der Waals surface area (Å²) in [5, 5.41) is 4.00. The SMILES string of the molecule is c1ccc2[nH]c(SCc3csc(-c4ccoc4)n3)nc2c1. The normalized spacial score (nSPS) is 11.2. The number of nitrogens with zero attached hydrogens (tertiary/aromatic N) is 2. The van der Waals surface area contributed by atoms with E-state index < -0.39 is 0 Å². The van der Waals surface area contributed by atoms with Gasteiger partial charge in [0.25, 0.3) is 0 Å². The molecule has 0 saturated carbocycles. The Balaban J connectivity index is 1.49. The summed E-state index contributed by atoms with van der Waals surface area (Å²) in [5.41, 5.74) is 4.15. The summed E-state index contributed by atoms with van der Waals surface area (Å²) < 4.78 is 5.09. The number of furan rings is 1. The molecule has 0 saturated heterocycles. The van der Waals surface area contributed by atoms with E-state index in [4.69, 9.17) is 4.42 Å². The van der Waals surface area contributed by atoms with Crippen LogP contribution in [-0.2, 0) is 5.75 Å². The summed E-state index contributed by atoms with van der Waals surface area (Å²) in [4.78, 5) is 12.5. The Morgan fingerprint density at radius 2 is 2.14 bits per heavy atom. The smallest absolute Gasteiger partial charge is 0.166 e. The van der Waals surface area contributed by atoms with Gasteiger partial charge < -0.3 is 9.40 Å². The molecular formula is C15H11N3OS2. The highest BCUT2D eigenvalue weighted by Gasteiger charge is 2.08. The number of aromatic nitrogens is 3. The molecule has 0 amide bonds. The van der Waals surface area contributed by atoms with Crippen molar-refractivity contribution in [2.75, 3.05) is 0 Å². The average molecular weight is 313 g/mol. The van der Waals surface area contributed by atoms with Gasteiger partial charge in [-0.2, -0.15) is 0 Å². The fourth-order valence-electron chi connectivity index (χ4n) is 2.03. The number of benzene rings is 1. The van der Waals surface area contributed by atoms with Gasteiger partial charge in [-0.25, -0.2) is 9.97 Å². The fraction of sp³-hybridized carbons (Fsp3) is 0.0667. The third kappa shape index (κ3) is 2.59. The summed E-state index contributed by atoms with van der Waals surface area (Å²) in [5.74, 6) is 0.800. The Morgan fingerprint density at radius 1 is 1.19 bits per heavy atom. The van der Waals surface area contributed by atoms with Crippen LogP contribution >= 0.6 is 23.1 Å². The zero-order valence-electron chi connectivity index (χ0n) is 10.9. The van der Waals surface area contributed by atoms with Gasteiger partial charge in [-0.05, 0) is 18.2 Å². The number of hydrogen-bond acceptors (Lipinski definition) is 5. The monoisotopic (exact) mass is 313 g/mol. The predicted octanol–water partition coefficient (Wildman–Crippen LogP) is 4.57. The first-order valence-corrected chi connectivity index (χ1v) is 8.29. The summed E-state index contributed by atoms with van der Waals surface area (Å²) >= 11 is 3.30. The lowest BCUT2D eigenvalue weighted by atomic mass is 10.3. The molecule has 0 atom stereocenters. The van der Waals surface area contributed by atoms with Gasteiger partial charge in [0.05, 0.1) is 23.0 Å². The number of para-hydroxylation sites is 2. The van der Waals surface area contributed by atoms with Crippen LogP contribution in [0.1, 0.15) is 5.69 Å². The standard InChI is InChI=1S/C15H11N3OS2/c1-2-4-13-12(3-1)17-15(18-13)21-9-11-8-20-14(16-11)10-5-6-19-7-10/h1-8H,9H2,(H,17,18). The molecule has 1 aromatic carbocycles. The zero-order chi connectivity index (χ0) is 14.1. The van der Waals surface area contributed by atoms with Crippen LogP contribution in [0, 0.1) is 0 Å². The maximum Gasteiger partial charge on any atom is 0.166 e. The van der Waals surface area contributed by atoms with E-state index in [0.29, 0.717) is 0 Å². The number of rotatable bonds is 4. The second-order valence-electron chi connectivity index (χ2n) is 4.50. The van der Waals surface area contributed by atoms with E-state index >= 15 is 0 Å². The van der Waals surface area contributed by atoms with Gasteiger partial charge in [-0.1, -0.05) is 23.9 Å². The van der Waals surface area contributed by atoms with Crippen molar-refractivity contribution < 1.29 is 4.42 Å². The molecule has 4 nitrogen and oxygen atoms in total. The van der Waals surface area contributed by atoms with Gasteiger partial charge in [-0.15, -0.1) is 11.3 Å². The van der Waals surface area contributed by atoms with Crippen LogP contribution < -0.4 is 0 Å². The number of aromatic amines is 1. The number of nitrogens with one attached hydrogen (secondary N) is 1. The highest BCUT2D eigenvalue weighted by atomic mass is 32.2. The number of fused-ring (bicyclic) bond motifs is 1. The number of H-pyrrole nitrogens is 1.